The van der Waals surface area contributed by atoms with Crippen LogP contribution in [0.2, 0.25) is 10.0 Å². The highest BCUT2D eigenvalue weighted by atomic mass is 35.5. The van der Waals surface area contributed by atoms with E-state index >= 15 is 0 Å². The van der Waals surface area contributed by atoms with Crippen LogP contribution in [0.5, 0.6) is 0 Å². The lowest BCUT2D eigenvalue weighted by atomic mass is 10.1. The molecule has 8 heteroatoms. The highest BCUT2D eigenvalue weighted by molar-refractivity contribution is 8.18. The number of benzene rings is 3. The summed E-state index contributed by atoms with van der Waals surface area (Å²) in [4.78, 5) is 27.4. The third kappa shape index (κ3) is 4.49. The lowest BCUT2D eigenvalue weighted by Crippen LogP contribution is -2.27. The summed E-state index contributed by atoms with van der Waals surface area (Å²) >= 11 is 13.1. The third-order valence-corrected chi connectivity index (χ3v) is 7.55. The van der Waals surface area contributed by atoms with Crippen molar-refractivity contribution in [1.82, 2.24) is 9.47 Å². The number of amides is 2. The van der Waals surface area contributed by atoms with Crippen LogP contribution >= 0.6 is 35.0 Å². The Balaban J connectivity index is 1.51. The predicted octanol–water partition coefficient (Wildman–Crippen LogP) is 7.68. The lowest BCUT2D eigenvalue weighted by molar-refractivity contribution is -0.123. The van der Waals surface area contributed by atoms with Gasteiger partial charge in [-0.3, -0.25) is 14.5 Å². The monoisotopic (exact) mass is 524 g/mol. The van der Waals surface area contributed by atoms with Crippen molar-refractivity contribution in [3.8, 4) is 0 Å². The van der Waals surface area contributed by atoms with Gasteiger partial charge >= 0.3 is 0 Å². The van der Waals surface area contributed by atoms with Crippen molar-refractivity contribution < 1.29 is 14.0 Å². The first-order valence-corrected chi connectivity index (χ1v) is 12.4. The maximum absolute atomic E-state index is 14.4. The van der Waals surface area contributed by atoms with Crippen LogP contribution in [-0.4, -0.2) is 20.6 Å². The van der Waals surface area contributed by atoms with Crippen LogP contribution in [0, 0.1) is 12.7 Å². The van der Waals surface area contributed by atoms with E-state index in [1.807, 2.05) is 41.8 Å². The van der Waals surface area contributed by atoms with E-state index in [0.717, 1.165) is 33.9 Å². The number of halogens is 3. The molecule has 0 unspecified atom stereocenters. The van der Waals surface area contributed by atoms with Crippen LogP contribution in [0.4, 0.5) is 9.18 Å². The second-order valence-electron chi connectivity index (χ2n) is 8.20. The van der Waals surface area contributed by atoms with E-state index in [4.69, 9.17) is 23.2 Å². The number of fused-ring (bicyclic) bond motifs is 1. The van der Waals surface area contributed by atoms with Crippen LogP contribution in [0.15, 0.2) is 71.6 Å². The molecule has 3 aromatic carbocycles. The van der Waals surface area contributed by atoms with Crippen molar-refractivity contribution >= 4 is 63.1 Å². The highest BCUT2D eigenvalue weighted by Crippen LogP contribution is 2.37. The van der Waals surface area contributed by atoms with Gasteiger partial charge in [-0.25, -0.2) is 4.39 Å². The molecule has 2 heterocycles. The van der Waals surface area contributed by atoms with Gasteiger partial charge in [0.25, 0.3) is 11.1 Å². The summed E-state index contributed by atoms with van der Waals surface area (Å²) in [6.45, 7) is 2.35. The van der Waals surface area contributed by atoms with Crippen LogP contribution < -0.4 is 0 Å². The Morgan fingerprint density at radius 2 is 1.69 bits per heavy atom. The maximum Gasteiger partial charge on any atom is 0.293 e. The molecule has 0 radical (unpaired) electrons. The fourth-order valence-corrected chi connectivity index (χ4v) is 5.52. The largest absolute Gasteiger partial charge is 0.340 e. The minimum atomic E-state index is -0.378. The molecule has 1 aliphatic heterocycles. The normalized spacial score (nSPS) is 15.1. The first-order chi connectivity index (χ1) is 16.8. The van der Waals surface area contributed by atoms with Crippen molar-refractivity contribution in [2.75, 3.05) is 0 Å². The molecule has 1 aliphatic rings. The summed E-state index contributed by atoms with van der Waals surface area (Å²) < 4.78 is 16.4. The van der Waals surface area contributed by atoms with E-state index in [2.05, 4.69) is 0 Å². The summed E-state index contributed by atoms with van der Waals surface area (Å²) in [6.07, 6.45) is 1.75. The Bertz CT molecular complexity index is 1530. The van der Waals surface area contributed by atoms with Crippen LogP contribution in [0.25, 0.3) is 17.0 Å². The van der Waals surface area contributed by atoms with Gasteiger partial charge in [-0.1, -0.05) is 65.7 Å². The average Bonchev–Trinajstić information content (AvgIpc) is 3.25. The fraction of sp³-hybridized carbons (Fsp3) is 0.111. The van der Waals surface area contributed by atoms with Gasteiger partial charge in [-0.2, -0.15) is 0 Å². The molecule has 0 saturated carbocycles. The van der Waals surface area contributed by atoms with E-state index < -0.39 is 0 Å². The Morgan fingerprint density at radius 3 is 2.46 bits per heavy atom. The van der Waals surface area contributed by atoms with E-state index in [9.17, 15) is 14.0 Å². The molecule has 0 spiro atoms. The van der Waals surface area contributed by atoms with Gasteiger partial charge < -0.3 is 4.57 Å². The number of carbonyl (C=O) groups is 2. The second-order valence-corrected chi connectivity index (χ2v) is 10.0. The molecule has 1 saturated heterocycles. The molecule has 35 heavy (non-hydrogen) atoms. The first-order valence-electron chi connectivity index (χ1n) is 10.8. The van der Waals surface area contributed by atoms with Crippen LogP contribution in [0.1, 0.15) is 22.4 Å². The smallest absolute Gasteiger partial charge is 0.293 e. The Morgan fingerprint density at radius 1 is 0.943 bits per heavy atom. The van der Waals surface area contributed by atoms with Gasteiger partial charge in [-0.05, 0) is 54.6 Å². The van der Waals surface area contributed by atoms with Crippen molar-refractivity contribution in [3.05, 3.63) is 110 Å². The van der Waals surface area contributed by atoms with Gasteiger partial charge in [-0.15, -0.1) is 0 Å². The molecule has 5 rings (SSSR count). The quantitative estimate of drug-likeness (QED) is 0.251. The molecule has 0 bridgehead atoms. The van der Waals surface area contributed by atoms with Gasteiger partial charge in [0.1, 0.15) is 5.82 Å². The minimum Gasteiger partial charge on any atom is -0.340 e. The average molecular weight is 525 g/mol. The summed E-state index contributed by atoms with van der Waals surface area (Å²) in [7, 11) is 0. The van der Waals surface area contributed by atoms with Crippen LogP contribution in [-0.2, 0) is 17.9 Å². The molecule has 1 fully saturated rings. The maximum atomic E-state index is 14.4. The highest BCUT2D eigenvalue weighted by Gasteiger charge is 2.35. The summed E-state index contributed by atoms with van der Waals surface area (Å²) in [5.41, 5.74) is 3.83. The molecule has 4 aromatic rings. The summed E-state index contributed by atoms with van der Waals surface area (Å²) in [5, 5.41) is 1.44. The molecule has 2 amide bonds. The number of hydrogen-bond donors (Lipinski definition) is 0. The van der Waals surface area contributed by atoms with E-state index in [1.54, 1.807) is 36.4 Å². The number of carbonyl (C=O) groups excluding carboxylic acids is 2. The fourth-order valence-electron chi connectivity index (χ4n) is 4.23. The van der Waals surface area contributed by atoms with Gasteiger partial charge in [0.15, 0.2) is 0 Å². The minimum absolute atomic E-state index is 0.0615. The van der Waals surface area contributed by atoms with Gasteiger partial charge in [0, 0.05) is 37.8 Å². The zero-order valence-electron chi connectivity index (χ0n) is 18.6. The third-order valence-electron chi connectivity index (χ3n) is 6.06. The molecule has 1 aromatic heterocycles. The molecule has 0 atom stereocenters. The van der Waals surface area contributed by atoms with Crippen molar-refractivity contribution in [1.29, 1.82) is 0 Å². The van der Waals surface area contributed by atoms with Gasteiger partial charge in [0.2, 0.25) is 0 Å². The van der Waals surface area contributed by atoms with Crippen LogP contribution in [0.3, 0.4) is 0 Å². The number of thioether (sulfide) groups is 1. The zero-order chi connectivity index (χ0) is 24.7. The molecule has 0 N–H and O–H groups in total. The number of aromatic nitrogens is 1. The number of hydrogen-bond acceptors (Lipinski definition) is 3. The SMILES string of the molecule is Cc1c(/C=C2\SC(=O)N(Cc3ccc(Cl)cc3Cl)C2=O)c2ccccc2n1Cc1ccccc1F. The van der Waals surface area contributed by atoms with E-state index in [-0.39, 0.29) is 23.5 Å². The number of para-hydroxylation sites is 1. The van der Waals surface area contributed by atoms with E-state index in [1.165, 1.54) is 11.0 Å². The summed E-state index contributed by atoms with van der Waals surface area (Å²) in [5.74, 6) is -0.649. The molecule has 176 valence electrons. The molecule has 0 aliphatic carbocycles. The molecule has 4 nitrogen and oxygen atoms in total. The number of rotatable bonds is 5. The Labute approximate surface area is 215 Å². The predicted molar refractivity (Wildman–Crippen MR) is 140 cm³/mol. The lowest BCUT2D eigenvalue weighted by Gasteiger charge is -2.13. The number of nitrogens with zero attached hydrogens (tertiary/aromatic N) is 2. The standard InChI is InChI=1S/C27H19Cl2FN2O2S/c1-16-21(20-7-3-5-9-24(20)31(16)15-18-6-2-4-8-23(18)30)13-25-26(33)32(27(34)35-25)14-17-10-11-19(28)12-22(17)29/h2-13H,14-15H2,1H3/b25-13-. The van der Waals surface area contributed by atoms with Crippen molar-refractivity contribution in [2.24, 2.45) is 0 Å². The molecular weight excluding hydrogens is 506 g/mol. The zero-order valence-corrected chi connectivity index (χ0v) is 20.9. The van der Waals surface area contributed by atoms with E-state index in [0.29, 0.717) is 32.6 Å². The van der Waals surface area contributed by atoms with Gasteiger partial charge in [0.05, 0.1) is 18.0 Å². The first kappa shape index (κ1) is 23.7. The topological polar surface area (TPSA) is 42.3 Å². The summed E-state index contributed by atoms with van der Waals surface area (Å²) in [6, 6.07) is 19.4. The Hall–Kier alpha value is -3.06. The second kappa shape index (κ2) is 9.53. The van der Waals surface area contributed by atoms with Crippen molar-refractivity contribution in [3.63, 3.8) is 0 Å². The number of imide groups is 1. The molecular formula is C27H19Cl2FN2O2S. The van der Waals surface area contributed by atoms with Crippen molar-refractivity contribution in [2.45, 2.75) is 20.0 Å². The Kier molecular flexibility index (Phi) is 6.45.